The third-order valence-electron chi connectivity index (χ3n) is 4.42. The van der Waals surface area contributed by atoms with Crippen LogP contribution in [-0.4, -0.2) is 26.7 Å². The Hall–Kier alpha value is -3.55. The number of hydrogen-bond donors (Lipinski definition) is 0. The average molecular weight is 383 g/mol. The summed E-state index contributed by atoms with van der Waals surface area (Å²) >= 11 is 0. The predicted molar refractivity (Wildman–Crippen MR) is 103 cm³/mol. The zero-order valence-electron chi connectivity index (χ0n) is 15.7. The Morgan fingerprint density at radius 1 is 1.29 bits per heavy atom. The van der Waals surface area contributed by atoms with E-state index in [-0.39, 0.29) is 34.5 Å². The summed E-state index contributed by atoms with van der Waals surface area (Å²) in [7, 11) is 2.80. The summed E-state index contributed by atoms with van der Waals surface area (Å²) in [5.41, 5.74) is -0.326. The molecule has 0 aliphatic heterocycles. The number of aryl methyl sites for hydroxylation is 2. The summed E-state index contributed by atoms with van der Waals surface area (Å²) < 4.78 is 21.2. The van der Waals surface area contributed by atoms with Crippen LogP contribution in [0.5, 0.6) is 0 Å². The Balaban J connectivity index is 2.56. The number of aromatic nitrogens is 3. The van der Waals surface area contributed by atoms with Crippen LogP contribution in [0.15, 0.2) is 46.5 Å². The van der Waals surface area contributed by atoms with Gasteiger partial charge in [-0.1, -0.05) is 24.8 Å². The van der Waals surface area contributed by atoms with Gasteiger partial charge in [-0.25, -0.2) is 19.0 Å². The highest BCUT2D eigenvalue weighted by Crippen LogP contribution is 2.31. The minimum atomic E-state index is -0.720. The monoisotopic (exact) mass is 383 g/mol. The summed E-state index contributed by atoms with van der Waals surface area (Å²) in [5.74, 6) is -1.26. The number of pyridine rings is 1. The number of benzene rings is 1. The van der Waals surface area contributed by atoms with Gasteiger partial charge >= 0.3 is 11.7 Å². The minimum absolute atomic E-state index is 0.0337. The third-order valence-corrected chi connectivity index (χ3v) is 4.42. The molecule has 1 aromatic carbocycles. The minimum Gasteiger partial charge on any atom is -0.458 e. The van der Waals surface area contributed by atoms with Crippen LogP contribution in [0.3, 0.4) is 0 Å². The van der Waals surface area contributed by atoms with Crippen molar-refractivity contribution in [2.75, 3.05) is 6.61 Å². The van der Waals surface area contributed by atoms with Gasteiger partial charge in [0, 0.05) is 19.7 Å². The lowest BCUT2D eigenvalue weighted by Crippen LogP contribution is -2.38. The normalized spacial score (nSPS) is 10.9. The van der Waals surface area contributed by atoms with Crippen LogP contribution in [-0.2, 0) is 18.8 Å². The van der Waals surface area contributed by atoms with Crippen LogP contribution in [0.2, 0.25) is 0 Å². The van der Waals surface area contributed by atoms with Crippen molar-refractivity contribution in [3.63, 3.8) is 0 Å². The molecule has 0 unspecified atom stereocenters. The number of fused-ring (bicyclic) bond motifs is 1. The first-order valence-electron chi connectivity index (χ1n) is 8.42. The molecule has 8 heteroatoms. The molecule has 7 nitrogen and oxygen atoms in total. The van der Waals surface area contributed by atoms with E-state index in [1.165, 1.54) is 42.9 Å². The highest BCUT2D eigenvalue weighted by atomic mass is 19.1. The summed E-state index contributed by atoms with van der Waals surface area (Å²) in [6.07, 6.45) is 1.41. The fraction of sp³-hybridized carbons (Fsp3) is 0.200. The molecule has 28 heavy (non-hydrogen) atoms. The number of hydrogen-bond acceptors (Lipinski definition) is 5. The molecular formula is C20H18FN3O4. The summed E-state index contributed by atoms with van der Waals surface area (Å²) in [4.78, 5) is 42.2. The first kappa shape index (κ1) is 19.2. The fourth-order valence-corrected chi connectivity index (χ4v) is 3.09. The van der Waals surface area contributed by atoms with Crippen LogP contribution in [0.25, 0.3) is 22.2 Å². The van der Waals surface area contributed by atoms with E-state index in [1.807, 2.05) is 0 Å². The van der Waals surface area contributed by atoms with Gasteiger partial charge in [-0.05, 0) is 24.6 Å². The molecule has 2 heterocycles. The Kier molecular flexibility index (Phi) is 4.96. The van der Waals surface area contributed by atoms with E-state index >= 15 is 0 Å². The molecule has 3 aromatic rings. The van der Waals surface area contributed by atoms with Crippen molar-refractivity contribution >= 4 is 17.0 Å². The molecule has 0 aliphatic carbocycles. The predicted octanol–water partition coefficient (Wildman–Crippen LogP) is 2.09. The Labute approximate surface area is 159 Å². The topological polar surface area (TPSA) is 83.2 Å². The van der Waals surface area contributed by atoms with Crippen LogP contribution < -0.4 is 11.2 Å². The quantitative estimate of drug-likeness (QED) is 0.509. The van der Waals surface area contributed by atoms with E-state index in [0.29, 0.717) is 5.56 Å². The van der Waals surface area contributed by atoms with E-state index in [0.717, 1.165) is 4.57 Å². The lowest BCUT2D eigenvalue weighted by atomic mass is 9.95. The van der Waals surface area contributed by atoms with Crippen molar-refractivity contribution < 1.29 is 13.9 Å². The molecular weight excluding hydrogens is 365 g/mol. The van der Waals surface area contributed by atoms with Gasteiger partial charge in [0.2, 0.25) is 0 Å². The molecule has 0 saturated carbocycles. The van der Waals surface area contributed by atoms with E-state index in [1.54, 1.807) is 13.0 Å². The number of ether oxygens (including phenoxy) is 1. The second-order valence-corrected chi connectivity index (χ2v) is 6.25. The van der Waals surface area contributed by atoms with Crippen molar-refractivity contribution in [1.29, 1.82) is 0 Å². The van der Waals surface area contributed by atoms with Gasteiger partial charge in [0.25, 0.3) is 5.56 Å². The van der Waals surface area contributed by atoms with Gasteiger partial charge in [0.15, 0.2) is 0 Å². The Bertz CT molecular complexity index is 1240. The maximum atomic E-state index is 13.9. The van der Waals surface area contributed by atoms with Gasteiger partial charge in [-0.2, -0.15) is 0 Å². The largest absolute Gasteiger partial charge is 0.458 e. The molecule has 144 valence electrons. The van der Waals surface area contributed by atoms with Gasteiger partial charge in [0.05, 0.1) is 16.6 Å². The van der Waals surface area contributed by atoms with E-state index in [9.17, 15) is 18.8 Å². The van der Waals surface area contributed by atoms with Gasteiger partial charge in [-0.15, -0.1) is 0 Å². The molecule has 3 rings (SSSR count). The van der Waals surface area contributed by atoms with E-state index in [4.69, 9.17) is 4.74 Å². The second-order valence-electron chi connectivity index (χ2n) is 6.25. The smallest absolute Gasteiger partial charge is 0.340 e. The second kappa shape index (κ2) is 7.22. The van der Waals surface area contributed by atoms with Gasteiger partial charge in [0.1, 0.15) is 18.1 Å². The van der Waals surface area contributed by atoms with E-state index in [2.05, 4.69) is 11.6 Å². The van der Waals surface area contributed by atoms with Crippen LogP contribution in [0.4, 0.5) is 4.39 Å². The molecule has 2 aromatic heterocycles. The molecule has 0 spiro atoms. The lowest BCUT2D eigenvalue weighted by molar-refractivity contribution is 0.0549. The highest BCUT2D eigenvalue weighted by molar-refractivity contribution is 6.07. The molecule has 0 N–H and O–H groups in total. The summed E-state index contributed by atoms with van der Waals surface area (Å²) in [6, 6.07) is 5.51. The van der Waals surface area contributed by atoms with E-state index < -0.39 is 23.0 Å². The zero-order chi connectivity index (χ0) is 20.6. The molecule has 0 atom stereocenters. The number of nitrogens with zero attached hydrogens (tertiary/aromatic N) is 3. The van der Waals surface area contributed by atoms with Crippen LogP contribution >= 0.6 is 0 Å². The summed E-state index contributed by atoms with van der Waals surface area (Å²) in [6.45, 7) is 5.03. The summed E-state index contributed by atoms with van der Waals surface area (Å²) in [5, 5.41) is 0.0337. The molecule has 0 radical (unpaired) electrons. The molecule has 0 saturated heterocycles. The fourth-order valence-electron chi connectivity index (χ4n) is 3.09. The maximum absolute atomic E-state index is 13.9. The van der Waals surface area contributed by atoms with Crippen LogP contribution in [0.1, 0.15) is 16.1 Å². The standard InChI is InChI=1S/C20H18FN3O4/c1-5-9-28-19(26)14-11(2)22-17-16(18(25)24(4)20(27)23(17)3)15(14)12-7-6-8-13(21)10-12/h5-8,10H,1,9H2,2-4H3. The van der Waals surface area contributed by atoms with Gasteiger partial charge in [-0.3, -0.25) is 13.9 Å². The number of esters is 1. The number of rotatable bonds is 4. The molecule has 0 bridgehead atoms. The Morgan fingerprint density at radius 2 is 2.00 bits per heavy atom. The van der Waals surface area contributed by atoms with Crippen molar-refractivity contribution in [3.05, 3.63) is 74.8 Å². The van der Waals surface area contributed by atoms with Crippen molar-refractivity contribution in [2.24, 2.45) is 14.1 Å². The maximum Gasteiger partial charge on any atom is 0.340 e. The lowest BCUT2D eigenvalue weighted by Gasteiger charge is -2.16. The SMILES string of the molecule is C=CCOC(=O)c1c(C)nc2c(c1-c1cccc(F)c1)c(=O)n(C)c(=O)n2C. The zero-order valence-corrected chi connectivity index (χ0v) is 15.7. The molecule has 0 aliphatic rings. The number of halogens is 1. The average Bonchev–Trinajstić information content (AvgIpc) is 2.67. The van der Waals surface area contributed by atoms with Crippen molar-refractivity contribution in [3.8, 4) is 11.1 Å². The van der Waals surface area contributed by atoms with Crippen molar-refractivity contribution in [1.82, 2.24) is 14.1 Å². The molecule has 0 fully saturated rings. The van der Waals surface area contributed by atoms with Gasteiger partial charge < -0.3 is 4.74 Å². The van der Waals surface area contributed by atoms with Crippen molar-refractivity contribution in [2.45, 2.75) is 6.92 Å². The number of carbonyl (C=O) groups excluding carboxylic acids is 1. The number of carbonyl (C=O) groups is 1. The first-order chi connectivity index (χ1) is 13.3. The molecule has 0 amide bonds. The van der Waals surface area contributed by atoms with Crippen LogP contribution in [0, 0.1) is 12.7 Å². The third kappa shape index (κ3) is 3.02. The Morgan fingerprint density at radius 3 is 2.64 bits per heavy atom. The highest BCUT2D eigenvalue weighted by Gasteiger charge is 2.25. The first-order valence-corrected chi connectivity index (χ1v) is 8.42.